The average Bonchev–Trinajstić information content (AvgIpc) is 2.43. The summed E-state index contributed by atoms with van der Waals surface area (Å²) in [5.41, 5.74) is -0.641. The molecular weight excluding hydrogens is 336 g/mol. The Morgan fingerprint density at radius 3 is 1.81 bits per heavy atom. The highest BCUT2D eigenvalue weighted by Crippen LogP contribution is 2.14. The van der Waals surface area contributed by atoms with Crippen molar-refractivity contribution in [2.24, 2.45) is 11.8 Å². The SMILES string of the molecule is CCOC(=O)NC(CC(C)C)C(=O)NC(CC(C)C)C(=O)OC(C)(C)C. The summed E-state index contributed by atoms with van der Waals surface area (Å²) in [7, 11) is 0. The number of ether oxygens (including phenoxy) is 2. The molecule has 2 amide bonds. The maximum absolute atomic E-state index is 12.7. The molecular formula is C19H36N2O5. The first-order chi connectivity index (χ1) is 11.9. The van der Waals surface area contributed by atoms with Crippen LogP contribution in [0, 0.1) is 11.8 Å². The van der Waals surface area contributed by atoms with Crippen LogP contribution in [0.2, 0.25) is 0 Å². The van der Waals surface area contributed by atoms with Gasteiger partial charge in [-0.15, -0.1) is 0 Å². The Kier molecular flexibility index (Phi) is 10.3. The van der Waals surface area contributed by atoms with Crippen LogP contribution < -0.4 is 10.6 Å². The molecule has 2 unspecified atom stereocenters. The molecule has 26 heavy (non-hydrogen) atoms. The van der Waals surface area contributed by atoms with E-state index in [9.17, 15) is 14.4 Å². The van der Waals surface area contributed by atoms with Gasteiger partial charge in [0.05, 0.1) is 6.61 Å². The van der Waals surface area contributed by atoms with Crippen LogP contribution in [0.4, 0.5) is 4.79 Å². The quantitative estimate of drug-likeness (QED) is 0.607. The van der Waals surface area contributed by atoms with Crippen LogP contribution in [-0.2, 0) is 19.1 Å². The van der Waals surface area contributed by atoms with Gasteiger partial charge in [-0.1, -0.05) is 27.7 Å². The number of rotatable bonds is 9. The first kappa shape index (κ1) is 24.2. The Morgan fingerprint density at radius 1 is 0.885 bits per heavy atom. The fraction of sp³-hybridized carbons (Fsp3) is 0.842. The summed E-state index contributed by atoms with van der Waals surface area (Å²) in [5, 5.41) is 5.31. The molecule has 0 rings (SSSR count). The summed E-state index contributed by atoms with van der Waals surface area (Å²) >= 11 is 0. The Bertz CT molecular complexity index is 469. The molecule has 152 valence electrons. The molecule has 0 aromatic heterocycles. The minimum absolute atomic E-state index is 0.178. The Labute approximate surface area is 157 Å². The molecule has 0 bridgehead atoms. The lowest BCUT2D eigenvalue weighted by molar-refractivity contribution is -0.159. The average molecular weight is 373 g/mol. The van der Waals surface area contributed by atoms with E-state index in [1.54, 1.807) is 27.7 Å². The lowest BCUT2D eigenvalue weighted by atomic mass is 10.0. The van der Waals surface area contributed by atoms with Crippen molar-refractivity contribution in [2.45, 2.75) is 85.9 Å². The van der Waals surface area contributed by atoms with Crippen LogP contribution >= 0.6 is 0 Å². The minimum Gasteiger partial charge on any atom is -0.458 e. The van der Waals surface area contributed by atoms with Gasteiger partial charge in [-0.2, -0.15) is 0 Å². The van der Waals surface area contributed by atoms with Gasteiger partial charge in [0.15, 0.2) is 0 Å². The number of amides is 2. The molecule has 0 aliphatic carbocycles. The molecule has 7 heteroatoms. The van der Waals surface area contributed by atoms with Crippen molar-refractivity contribution >= 4 is 18.0 Å². The van der Waals surface area contributed by atoms with E-state index in [1.165, 1.54) is 0 Å². The Balaban J connectivity index is 5.18. The second-order valence-electron chi connectivity index (χ2n) is 8.27. The zero-order valence-electron chi connectivity index (χ0n) is 17.5. The number of hydrogen-bond acceptors (Lipinski definition) is 5. The van der Waals surface area contributed by atoms with Crippen LogP contribution in [-0.4, -0.2) is 42.3 Å². The molecule has 0 aromatic rings. The van der Waals surface area contributed by atoms with Crippen molar-refractivity contribution in [2.75, 3.05) is 6.61 Å². The highest BCUT2D eigenvalue weighted by molar-refractivity contribution is 5.89. The summed E-state index contributed by atoms with van der Waals surface area (Å²) in [4.78, 5) is 36.9. The third-order valence-corrected chi connectivity index (χ3v) is 3.31. The summed E-state index contributed by atoms with van der Waals surface area (Å²) < 4.78 is 10.3. The predicted octanol–water partition coefficient (Wildman–Crippen LogP) is 3.02. The molecule has 0 fully saturated rings. The number of carbonyl (C=O) groups excluding carboxylic acids is 3. The monoisotopic (exact) mass is 372 g/mol. The molecule has 0 saturated carbocycles. The summed E-state index contributed by atoms with van der Waals surface area (Å²) in [6, 6.07) is -1.54. The second kappa shape index (κ2) is 11.0. The number of nitrogens with one attached hydrogen (secondary N) is 2. The highest BCUT2D eigenvalue weighted by atomic mass is 16.6. The third-order valence-electron chi connectivity index (χ3n) is 3.31. The third kappa shape index (κ3) is 10.9. The van der Waals surface area contributed by atoms with E-state index in [-0.39, 0.29) is 18.4 Å². The Morgan fingerprint density at radius 2 is 1.38 bits per heavy atom. The molecule has 0 aromatic carbocycles. The van der Waals surface area contributed by atoms with Crippen LogP contribution in [0.5, 0.6) is 0 Å². The molecule has 0 aliphatic rings. The van der Waals surface area contributed by atoms with Gasteiger partial charge in [0.2, 0.25) is 5.91 Å². The van der Waals surface area contributed by atoms with E-state index in [4.69, 9.17) is 9.47 Å². The number of alkyl carbamates (subject to hydrolysis) is 1. The summed E-state index contributed by atoms with van der Waals surface area (Å²) in [6.45, 7) is 15.1. The summed E-state index contributed by atoms with van der Waals surface area (Å²) in [6.07, 6.45) is 0.243. The number of carbonyl (C=O) groups is 3. The zero-order valence-corrected chi connectivity index (χ0v) is 17.5. The lowest BCUT2D eigenvalue weighted by Crippen LogP contribution is -2.53. The lowest BCUT2D eigenvalue weighted by Gasteiger charge is -2.27. The van der Waals surface area contributed by atoms with Crippen molar-refractivity contribution in [3.05, 3.63) is 0 Å². The first-order valence-electron chi connectivity index (χ1n) is 9.32. The minimum atomic E-state index is -0.772. The van der Waals surface area contributed by atoms with Gasteiger partial charge in [0, 0.05) is 0 Å². The Hall–Kier alpha value is -1.79. The van der Waals surface area contributed by atoms with Crippen molar-refractivity contribution in [1.82, 2.24) is 10.6 Å². The van der Waals surface area contributed by atoms with Crippen LogP contribution in [0.3, 0.4) is 0 Å². The van der Waals surface area contributed by atoms with Gasteiger partial charge in [0.1, 0.15) is 17.7 Å². The van der Waals surface area contributed by atoms with Crippen molar-refractivity contribution in [3.63, 3.8) is 0 Å². The fourth-order valence-electron chi connectivity index (χ4n) is 2.35. The maximum Gasteiger partial charge on any atom is 0.407 e. The van der Waals surface area contributed by atoms with Crippen LogP contribution in [0.15, 0.2) is 0 Å². The predicted molar refractivity (Wildman–Crippen MR) is 101 cm³/mol. The van der Waals surface area contributed by atoms with Gasteiger partial charge < -0.3 is 20.1 Å². The van der Waals surface area contributed by atoms with Crippen LogP contribution in [0.25, 0.3) is 0 Å². The highest BCUT2D eigenvalue weighted by Gasteiger charge is 2.30. The standard InChI is InChI=1S/C19H36N2O5/c1-9-25-18(24)21-14(10-12(2)3)16(22)20-15(11-13(4)5)17(23)26-19(6,7)8/h12-15H,9-11H2,1-8H3,(H,20,22)(H,21,24). The summed E-state index contributed by atoms with van der Waals surface area (Å²) in [5.74, 6) is -0.519. The molecule has 0 saturated heterocycles. The maximum atomic E-state index is 12.7. The second-order valence-corrected chi connectivity index (χ2v) is 8.27. The van der Waals surface area contributed by atoms with Gasteiger partial charge in [-0.25, -0.2) is 9.59 Å². The van der Waals surface area contributed by atoms with Gasteiger partial charge in [-0.05, 0) is 52.4 Å². The molecule has 0 heterocycles. The number of hydrogen-bond donors (Lipinski definition) is 2. The molecule has 0 aliphatic heterocycles. The van der Waals surface area contributed by atoms with E-state index < -0.39 is 35.7 Å². The topological polar surface area (TPSA) is 93.7 Å². The first-order valence-corrected chi connectivity index (χ1v) is 9.32. The zero-order chi connectivity index (χ0) is 20.5. The van der Waals surface area contributed by atoms with E-state index in [1.807, 2.05) is 27.7 Å². The van der Waals surface area contributed by atoms with E-state index in [0.29, 0.717) is 12.8 Å². The molecule has 2 N–H and O–H groups in total. The molecule has 2 atom stereocenters. The van der Waals surface area contributed by atoms with Crippen LogP contribution in [0.1, 0.15) is 68.2 Å². The smallest absolute Gasteiger partial charge is 0.407 e. The largest absolute Gasteiger partial charge is 0.458 e. The molecule has 0 radical (unpaired) electrons. The van der Waals surface area contributed by atoms with Gasteiger partial charge >= 0.3 is 12.1 Å². The normalized spacial score (nSPS) is 13.9. The van der Waals surface area contributed by atoms with E-state index in [2.05, 4.69) is 10.6 Å². The van der Waals surface area contributed by atoms with Crippen molar-refractivity contribution in [3.8, 4) is 0 Å². The van der Waals surface area contributed by atoms with E-state index >= 15 is 0 Å². The van der Waals surface area contributed by atoms with Gasteiger partial charge in [-0.3, -0.25) is 4.79 Å². The molecule has 0 spiro atoms. The number of esters is 1. The fourth-order valence-corrected chi connectivity index (χ4v) is 2.35. The van der Waals surface area contributed by atoms with Gasteiger partial charge in [0.25, 0.3) is 0 Å². The molecule has 7 nitrogen and oxygen atoms in total. The van der Waals surface area contributed by atoms with E-state index in [0.717, 1.165) is 0 Å². The van der Waals surface area contributed by atoms with Crippen molar-refractivity contribution < 1.29 is 23.9 Å². The van der Waals surface area contributed by atoms with Crippen molar-refractivity contribution in [1.29, 1.82) is 0 Å².